The highest BCUT2D eigenvalue weighted by atomic mass is 16.6. The molecule has 0 saturated carbocycles. The molecule has 3 rings (SSSR count). The number of hydrogen-bond acceptors (Lipinski definition) is 6. The molecule has 1 N–H and O–H groups in total. The first-order valence-electron chi connectivity index (χ1n) is 8.34. The Hall–Kier alpha value is -3.39. The Kier molecular flexibility index (Phi) is 5.37. The first kappa shape index (κ1) is 18.4. The number of hydrazone groups is 1. The van der Waals surface area contributed by atoms with E-state index in [0.29, 0.717) is 11.4 Å². The summed E-state index contributed by atoms with van der Waals surface area (Å²) in [6, 6.07) is 14.8. The van der Waals surface area contributed by atoms with Gasteiger partial charge in [-0.3, -0.25) is 19.9 Å². The SMILES string of the molecule is CC1=NN(c2ccc([N+](=O)[O-])cc2)C(=O)[C@@H]1C=NC[C@@H](O)c1ccccc1. The number of aliphatic hydroxyl groups excluding tert-OH is 1. The van der Waals surface area contributed by atoms with Crippen LogP contribution in [0.3, 0.4) is 0 Å². The van der Waals surface area contributed by atoms with Gasteiger partial charge < -0.3 is 5.11 Å². The van der Waals surface area contributed by atoms with Crippen LogP contribution < -0.4 is 5.01 Å². The van der Waals surface area contributed by atoms with E-state index in [1.54, 1.807) is 6.92 Å². The van der Waals surface area contributed by atoms with Crippen LogP contribution in [0, 0.1) is 16.0 Å². The monoisotopic (exact) mass is 366 g/mol. The minimum absolute atomic E-state index is 0.0564. The average molecular weight is 366 g/mol. The summed E-state index contributed by atoms with van der Waals surface area (Å²) in [5, 5.41) is 26.3. The molecule has 0 aliphatic carbocycles. The zero-order valence-electron chi connectivity index (χ0n) is 14.6. The standard InChI is InChI=1S/C19H18N4O4/c1-13-17(11-20-12-18(24)14-5-3-2-4-6-14)19(25)22(21-13)15-7-9-16(10-8-15)23(26)27/h2-11,17-18,24H,12H2,1H3/t17-,18-/m1/s1. The number of nitro groups is 1. The van der Waals surface area contributed by atoms with E-state index in [2.05, 4.69) is 10.1 Å². The summed E-state index contributed by atoms with van der Waals surface area (Å²) in [4.78, 5) is 27.0. The molecule has 0 radical (unpaired) electrons. The van der Waals surface area contributed by atoms with Crippen LogP contribution >= 0.6 is 0 Å². The molecule has 1 aliphatic rings. The molecule has 27 heavy (non-hydrogen) atoms. The van der Waals surface area contributed by atoms with E-state index < -0.39 is 16.9 Å². The molecule has 2 aromatic carbocycles. The van der Waals surface area contributed by atoms with Gasteiger partial charge in [-0.25, -0.2) is 0 Å². The smallest absolute Gasteiger partial charge is 0.269 e. The molecule has 2 atom stereocenters. The summed E-state index contributed by atoms with van der Waals surface area (Å²) in [5.74, 6) is -0.914. The molecular formula is C19H18N4O4. The number of carbonyl (C=O) groups is 1. The number of hydrogen-bond donors (Lipinski definition) is 1. The zero-order valence-corrected chi connectivity index (χ0v) is 14.6. The Balaban J connectivity index is 1.67. The highest BCUT2D eigenvalue weighted by Crippen LogP contribution is 2.25. The van der Waals surface area contributed by atoms with Crippen molar-refractivity contribution in [3.8, 4) is 0 Å². The molecule has 1 aliphatic heterocycles. The van der Waals surface area contributed by atoms with Crippen molar-refractivity contribution in [3.05, 3.63) is 70.3 Å². The van der Waals surface area contributed by atoms with Crippen molar-refractivity contribution in [1.82, 2.24) is 0 Å². The lowest BCUT2D eigenvalue weighted by atomic mass is 10.1. The Morgan fingerprint density at radius 2 is 1.93 bits per heavy atom. The van der Waals surface area contributed by atoms with Gasteiger partial charge >= 0.3 is 0 Å². The fourth-order valence-electron chi connectivity index (χ4n) is 2.70. The van der Waals surface area contributed by atoms with Crippen LogP contribution in [0.25, 0.3) is 0 Å². The minimum Gasteiger partial charge on any atom is -0.386 e. The van der Waals surface area contributed by atoms with Crippen LogP contribution in [0.4, 0.5) is 11.4 Å². The van der Waals surface area contributed by atoms with Gasteiger partial charge in [0.25, 0.3) is 11.6 Å². The molecule has 2 aromatic rings. The predicted octanol–water partition coefficient (Wildman–Crippen LogP) is 2.74. The molecular weight excluding hydrogens is 348 g/mol. The molecule has 0 unspecified atom stereocenters. The van der Waals surface area contributed by atoms with Gasteiger partial charge in [-0.05, 0) is 24.6 Å². The Bertz CT molecular complexity index is 894. The van der Waals surface area contributed by atoms with Crippen LogP contribution in [0.2, 0.25) is 0 Å². The molecule has 8 nitrogen and oxygen atoms in total. The van der Waals surface area contributed by atoms with Crippen molar-refractivity contribution in [2.45, 2.75) is 13.0 Å². The summed E-state index contributed by atoms with van der Waals surface area (Å²) in [5.41, 5.74) is 1.71. The van der Waals surface area contributed by atoms with Crippen LogP contribution in [0.5, 0.6) is 0 Å². The lowest BCUT2D eigenvalue weighted by Gasteiger charge is -2.12. The number of benzene rings is 2. The molecule has 138 valence electrons. The minimum atomic E-state index is -0.748. The van der Waals surface area contributed by atoms with Crippen LogP contribution in [0.1, 0.15) is 18.6 Å². The van der Waals surface area contributed by atoms with Gasteiger partial charge in [0.2, 0.25) is 0 Å². The Labute approximate surface area is 155 Å². The third kappa shape index (κ3) is 4.06. The van der Waals surface area contributed by atoms with Crippen molar-refractivity contribution in [2.24, 2.45) is 16.0 Å². The van der Waals surface area contributed by atoms with E-state index in [9.17, 15) is 20.0 Å². The number of nitrogens with zero attached hydrogens (tertiary/aromatic N) is 4. The number of nitro benzene ring substituents is 1. The Morgan fingerprint density at radius 3 is 2.56 bits per heavy atom. The summed E-state index contributed by atoms with van der Waals surface area (Å²) in [6.07, 6.45) is 0.737. The first-order valence-corrected chi connectivity index (χ1v) is 8.34. The van der Waals surface area contributed by atoms with Gasteiger partial charge in [0, 0.05) is 18.3 Å². The summed E-state index contributed by atoms with van der Waals surface area (Å²) >= 11 is 0. The topological polar surface area (TPSA) is 108 Å². The second kappa shape index (κ2) is 7.88. The van der Waals surface area contributed by atoms with Crippen LogP contribution in [-0.4, -0.2) is 34.4 Å². The van der Waals surface area contributed by atoms with Gasteiger partial charge in [-0.15, -0.1) is 0 Å². The number of non-ortho nitro benzene ring substituents is 1. The van der Waals surface area contributed by atoms with Crippen molar-refractivity contribution in [1.29, 1.82) is 0 Å². The highest BCUT2D eigenvalue weighted by molar-refractivity contribution is 6.23. The third-order valence-electron chi connectivity index (χ3n) is 4.20. The highest BCUT2D eigenvalue weighted by Gasteiger charge is 2.33. The van der Waals surface area contributed by atoms with Crippen LogP contribution in [-0.2, 0) is 4.79 Å². The molecule has 0 saturated heterocycles. The average Bonchev–Trinajstić information content (AvgIpc) is 2.97. The fraction of sp³-hybridized carbons (Fsp3) is 0.211. The van der Waals surface area contributed by atoms with E-state index in [-0.39, 0.29) is 18.1 Å². The van der Waals surface area contributed by atoms with Gasteiger partial charge in [-0.1, -0.05) is 30.3 Å². The maximum absolute atomic E-state index is 12.6. The molecule has 0 bridgehead atoms. The number of amides is 1. The molecule has 0 fully saturated rings. The van der Waals surface area contributed by atoms with Gasteiger partial charge in [0.1, 0.15) is 5.92 Å². The molecule has 0 aromatic heterocycles. The van der Waals surface area contributed by atoms with Crippen LogP contribution in [0.15, 0.2) is 64.7 Å². The number of rotatable bonds is 6. The first-order chi connectivity index (χ1) is 13.0. The summed E-state index contributed by atoms with van der Waals surface area (Å²) < 4.78 is 0. The number of anilines is 1. The fourth-order valence-corrected chi connectivity index (χ4v) is 2.70. The maximum Gasteiger partial charge on any atom is 0.269 e. The second-order valence-corrected chi connectivity index (χ2v) is 6.08. The van der Waals surface area contributed by atoms with Crippen molar-refractivity contribution >= 4 is 29.2 Å². The van der Waals surface area contributed by atoms with E-state index >= 15 is 0 Å². The number of aliphatic hydroxyl groups is 1. The molecule has 1 heterocycles. The van der Waals surface area contributed by atoms with E-state index in [4.69, 9.17) is 0 Å². The molecule has 8 heteroatoms. The largest absolute Gasteiger partial charge is 0.386 e. The lowest BCUT2D eigenvalue weighted by molar-refractivity contribution is -0.384. The Morgan fingerprint density at radius 1 is 1.26 bits per heavy atom. The molecule has 0 spiro atoms. The lowest BCUT2D eigenvalue weighted by Crippen LogP contribution is -2.28. The quantitative estimate of drug-likeness (QED) is 0.482. The number of carbonyl (C=O) groups excluding carboxylic acids is 1. The van der Waals surface area contributed by atoms with Crippen molar-refractivity contribution < 1.29 is 14.8 Å². The summed E-state index contributed by atoms with van der Waals surface area (Å²) in [7, 11) is 0. The number of aliphatic imine (C=N–C) groups is 1. The maximum atomic E-state index is 12.6. The van der Waals surface area contributed by atoms with Gasteiger partial charge in [0.05, 0.1) is 29.0 Å². The van der Waals surface area contributed by atoms with E-state index in [1.807, 2.05) is 30.3 Å². The predicted molar refractivity (Wildman–Crippen MR) is 102 cm³/mol. The van der Waals surface area contributed by atoms with Gasteiger partial charge in [0.15, 0.2) is 0 Å². The van der Waals surface area contributed by atoms with E-state index in [1.165, 1.54) is 35.5 Å². The van der Waals surface area contributed by atoms with Gasteiger partial charge in [-0.2, -0.15) is 10.1 Å². The van der Waals surface area contributed by atoms with Crippen molar-refractivity contribution in [2.75, 3.05) is 11.6 Å². The summed E-state index contributed by atoms with van der Waals surface area (Å²) in [6.45, 7) is 1.85. The normalized spacial score (nSPS) is 18.0. The van der Waals surface area contributed by atoms with Crippen molar-refractivity contribution in [3.63, 3.8) is 0 Å². The second-order valence-electron chi connectivity index (χ2n) is 6.08. The third-order valence-corrected chi connectivity index (χ3v) is 4.20. The zero-order chi connectivity index (χ0) is 19.4. The molecule has 1 amide bonds. The van der Waals surface area contributed by atoms with E-state index in [0.717, 1.165) is 5.56 Å².